The summed E-state index contributed by atoms with van der Waals surface area (Å²) in [5.74, 6) is -0.140. The van der Waals surface area contributed by atoms with Crippen molar-refractivity contribution < 1.29 is 19.1 Å². The molecule has 2 aromatic carbocycles. The van der Waals surface area contributed by atoms with Gasteiger partial charge in [-0.3, -0.25) is 4.79 Å². The van der Waals surface area contributed by atoms with Crippen LogP contribution in [-0.2, 0) is 16.1 Å². The monoisotopic (exact) mass is 391 g/mol. The van der Waals surface area contributed by atoms with Gasteiger partial charge >= 0.3 is 5.97 Å². The van der Waals surface area contributed by atoms with E-state index < -0.39 is 12.1 Å². The average molecular weight is 392 g/mol. The number of hydrogen-bond donors (Lipinski definition) is 1. The fourth-order valence-electron chi connectivity index (χ4n) is 1.97. The van der Waals surface area contributed by atoms with Crippen molar-refractivity contribution in [1.82, 2.24) is 5.32 Å². The van der Waals surface area contributed by atoms with Gasteiger partial charge in [0.25, 0.3) is 5.91 Å². The largest absolute Gasteiger partial charge is 0.497 e. The minimum atomic E-state index is -0.880. The first-order valence-electron chi connectivity index (χ1n) is 7.37. The number of amides is 1. The summed E-state index contributed by atoms with van der Waals surface area (Å²) in [6.45, 7) is 1.89. The van der Waals surface area contributed by atoms with Crippen LogP contribution in [0.4, 0.5) is 0 Å². The summed E-state index contributed by atoms with van der Waals surface area (Å²) in [6.07, 6.45) is -0.880. The lowest BCUT2D eigenvalue weighted by molar-refractivity contribution is -0.129. The molecular formula is C18H18BrNO4. The standard InChI is InChI=1S/C18H18BrNO4/c1-12(24-18(22)14-4-3-5-15(19)10-14)17(21)20-11-13-6-8-16(23-2)9-7-13/h3-10,12H,11H2,1-2H3,(H,20,21)/t12-/m0/s1. The second kappa shape index (κ2) is 8.49. The van der Waals surface area contributed by atoms with Crippen LogP contribution in [0.3, 0.4) is 0 Å². The van der Waals surface area contributed by atoms with Crippen molar-refractivity contribution in [3.63, 3.8) is 0 Å². The van der Waals surface area contributed by atoms with Crippen LogP contribution in [-0.4, -0.2) is 25.1 Å². The molecule has 0 spiro atoms. The van der Waals surface area contributed by atoms with Crippen molar-refractivity contribution in [3.8, 4) is 5.75 Å². The number of carbonyl (C=O) groups is 2. The van der Waals surface area contributed by atoms with Gasteiger partial charge in [-0.15, -0.1) is 0 Å². The van der Waals surface area contributed by atoms with Crippen LogP contribution in [0.5, 0.6) is 5.75 Å². The molecule has 0 bridgehead atoms. The maximum Gasteiger partial charge on any atom is 0.338 e. The molecule has 1 N–H and O–H groups in total. The molecule has 0 saturated heterocycles. The van der Waals surface area contributed by atoms with Gasteiger partial charge in [-0.2, -0.15) is 0 Å². The Bertz CT molecular complexity index is 715. The van der Waals surface area contributed by atoms with Crippen LogP contribution in [0.1, 0.15) is 22.8 Å². The summed E-state index contributed by atoms with van der Waals surface area (Å²) in [4.78, 5) is 24.1. The topological polar surface area (TPSA) is 64.6 Å². The Hall–Kier alpha value is -2.34. The maximum atomic E-state index is 12.1. The number of carbonyl (C=O) groups excluding carboxylic acids is 2. The average Bonchev–Trinajstić information content (AvgIpc) is 2.60. The molecule has 0 saturated carbocycles. The number of methoxy groups -OCH3 is 1. The molecule has 0 unspecified atom stereocenters. The van der Waals surface area contributed by atoms with Gasteiger partial charge in [0.2, 0.25) is 0 Å². The van der Waals surface area contributed by atoms with Crippen LogP contribution in [0, 0.1) is 0 Å². The zero-order valence-corrected chi connectivity index (χ0v) is 15.0. The summed E-state index contributed by atoms with van der Waals surface area (Å²) in [5, 5.41) is 2.74. The molecule has 0 aromatic heterocycles. The molecule has 1 amide bonds. The van der Waals surface area contributed by atoms with Gasteiger partial charge in [-0.05, 0) is 42.8 Å². The molecule has 5 nitrogen and oxygen atoms in total. The molecule has 2 aromatic rings. The second-order valence-corrected chi connectivity index (χ2v) is 6.04. The van der Waals surface area contributed by atoms with Gasteiger partial charge in [-0.25, -0.2) is 4.79 Å². The summed E-state index contributed by atoms with van der Waals surface area (Å²) >= 11 is 3.29. The third kappa shape index (κ3) is 5.09. The van der Waals surface area contributed by atoms with Crippen LogP contribution < -0.4 is 10.1 Å². The predicted molar refractivity (Wildman–Crippen MR) is 93.9 cm³/mol. The zero-order chi connectivity index (χ0) is 17.5. The summed E-state index contributed by atoms with van der Waals surface area (Å²) < 4.78 is 11.0. The highest BCUT2D eigenvalue weighted by atomic mass is 79.9. The second-order valence-electron chi connectivity index (χ2n) is 5.12. The normalized spacial score (nSPS) is 11.5. The van der Waals surface area contributed by atoms with Crippen molar-refractivity contribution in [2.75, 3.05) is 7.11 Å². The Morgan fingerprint density at radius 3 is 2.50 bits per heavy atom. The lowest BCUT2D eigenvalue weighted by atomic mass is 10.2. The lowest BCUT2D eigenvalue weighted by Gasteiger charge is -2.14. The highest BCUT2D eigenvalue weighted by molar-refractivity contribution is 9.10. The van der Waals surface area contributed by atoms with Crippen LogP contribution in [0.15, 0.2) is 53.0 Å². The third-order valence-electron chi connectivity index (χ3n) is 3.34. The quantitative estimate of drug-likeness (QED) is 0.767. The Morgan fingerprint density at radius 2 is 1.88 bits per heavy atom. The molecule has 0 aliphatic heterocycles. The number of hydrogen-bond acceptors (Lipinski definition) is 4. The Labute approximate surface area is 149 Å². The Balaban J connectivity index is 1.86. The highest BCUT2D eigenvalue weighted by Gasteiger charge is 2.18. The Morgan fingerprint density at radius 1 is 1.17 bits per heavy atom. The number of halogens is 1. The maximum absolute atomic E-state index is 12.1. The minimum absolute atomic E-state index is 0.349. The van der Waals surface area contributed by atoms with E-state index in [-0.39, 0.29) is 5.91 Å². The van der Waals surface area contributed by atoms with E-state index in [0.717, 1.165) is 15.8 Å². The molecule has 0 aliphatic carbocycles. The van der Waals surface area contributed by atoms with E-state index >= 15 is 0 Å². The first-order chi connectivity index (χ1) is 11.5. The van der Waals surface area contributed by atoms with Gasteiger partial charge < -0.3 is 14.8 Å². The highest BCUT2D eigenvalue weighted by Crippen LogP contribution is 2.13. The fraction of sp³-hybridized carbons (Fsp3) is 0.222. The Kier molecular flexibility index (Phi) is 6.37. The van der Waals surface area contributed by atoms with E-state index in [1.54, 1.807) is 32.2 Å². The SMILES string of the molecule is COc1ccc(CNC(=O)[C@H](C)OC(=O)c2cccc(Br)c2)cc1. The van der Waals surface area contributed by atoms with Gasteiger partial charge in [0.15, 0.2) is 6.10 Å². The summed E-state index contributed by atoms with van der Waals surface area (Å²) in [7, 11) is 1.60. The van der Waals surface area contributed by atoms with Gasteiger partial charge in [0.1, 0.15) is 5.75 Å². The molecule has 126 valence electrons. The molecule has 0 aliphatic rings. The number of esters is 1. The van der Waals surface area contributed by atoms with Crippen LogP contribution in [0.25, 0.3) is 0 Å². The van der Waals surface area contributed by atoms with Crippen molar-refractivity contribution >= 4 is 27.8 Å². The molecule has 6 heteroatoms. The summed E-state index contributed by atoms with van der Waals surface area (Å²) in [6, 6.07) is 14.2. The van der Waals surface area contributed by atoms with Gasteiger partial charge in [0.05, 0.1) is 12.7 Å². The molecule has 0 heterocycles. The van der Waals surface area contributed by atoms with Crippen molar-refractivity contribution in [2.45, 2.75) is 19.6 Å². The van der Waals surface area contributed by atoms with Crippen molar-refractivity contribution in [2.24, 2.45) is 0 Å². The predicted octanol–water partition coefficient (Wildman–Crippen LogP) is 3.32. The molecule has 2 rings (SSSR count). The number of rotatable bonds is 6. The van der Waals surface area contributed by atoms with Gasteiger partial charge in [-0.1, -0.05) is 34.1 Å². The van der Waals surface area contributed by atoms with Crippen LogP contribution >= 0.6 is 15.9 Å². The van der Waals surface area contributed by atoms with E-state index in [9.17, 15) is 9.59 Å². The van der Waals surface area contributed by atoms with E-state index in [4.69, 9.17) is 9.47 Å². The van der Waals surface area contributed by atoms with E-state index in [1.807, 2.05) is 30.3 Å². The molecule has 1 atom stereocenters. The summed E-state index contributed by atoms with van der Waals surface area (Å²) in [5.41, 5.74) is 1.31. The smallest absolute Gasteiger partial charge is 0.338 e. The fourth-order valence-corrected chi connectivity index (χ4v) is 2.37. The van der Waals surface area contributed by atoms with E-state index in [0.29, 0.717) is 12.1 Å². The molecule has 0 radical (unpaired) electrons. The van der Waals surface area contributed by atoms with Crippen molar-refractivity contribution in [1.29, 1.82) is 0 Å². The number of ether oxygens (including phenoxy) is 2. The van der Waals surface area contributed by atoms with E-state index in [1.165, 1.54) is 0 Å². The molecule has 0 fully saturated rings. The molecule has 24 heavy (non-hydrogen) atoms. The minimum Gasteiger partial charge on any atom is -0.497 e. The van der Waals surface area contributed by atoms with Gasteiger partial charge in [0, 0.05) is 11.0 Å². The lowest BCUT2D eigenvalue weighted by Crippen LogP contribution is -2.35. The van der Waals surface area contributed by atoms with Crippen molar-refractivity contribution in [3.05, 3.63) is 64.1 Å². The number of benzene rings is 2. The number of nitrogens with one attached hydrogen (secondary N) is 1. The van der Waals surface area contributed by atoms with Crippen LogP contribution in [0.2, 0.25) is 0 Å². The third-order valence-corrected chi connectivity index (χ3v) is 3.83. The zero-order valence-electron chi connectivity index (χ0n) is 13.4. The first kappa shape index (κ1) is 18.0. The van der Waals surface area contributed by atoms with E-state index in [2.05, 4.69) is 21.2 Å². The molecular weight excluding hydrogens is 374 g/mol. The first-order valence-corrected chi connectivity index (χ1v) is 8.16.